The molecule has 1 amide bonds. The Morgan fingerprint density at radius 1 is 1.05 bits per heavy atom. The van der Waals surface area contributed by atoms with Crippen LogP contribution >= 0.6 is 11.6 Å². The quantitative estimate of drug-likeness (QED) is 0.936. The fourth-order valence-electron chi connectivity index (χ4n) is 1.75. The monoisotopic (exact) mass is 291 g/mol. The van der Waals surface area contributed by atoms with Crippen molar-refractivity contribution in [1.82, 2.24) is 0 Å². The Morgan fingerprint density at radius 2 is 1.75 bits per heavy atom. The fourth-order valence-corrected chi connectivity index (χ4v) is 2.01. The van der Waals surface area contributed by atoms with Gasteiger partial charge in [0.25, 0.3) is 5.91 Å². The minimum absolute atomic E-state index is 0.265. The van der Waals surface area contributed by atoms with Crippen molar-refractivity contribution >= 4 is 23.2 Å². The highest BCUT2D eigenvalue weighted by Gasteiger charge is 2.11. The molecule has 0 heterocycles. The third kappa shape index (κ3) is 3.03. The van der Waals surface area contributed by atoms with E-state index in [1.165, 1.54) is 7.11 Å². The zero-order valence-corrected chi connectivity index (χ0v) is 11.9. The van der Waals surface area contributed by atoms with E-state index >= 15 is 0 Å². The van der Waals surface area contributed by atoms with Crippen LogP contribution in [0, 0.1) is 0 Å². The topological polar surface area (TPSA) is 47.6 Å². The van der Waals surface area contributed by atoms with Crippen molar-refractivity contribution in [3.63, 3.8) is 0 Å². The van der Waals surface area contributed by atoms with Crippen molar-refractivity contribution in [1.29, 1.82) is 0 Å². The molecule has 0 aliphatic heterocycles. The summed E-state index contributed by atoms with van der Waals surface area (Å²) in [7, 11) is 3.07. The molecule has 0 radical (unpaired) electrons. The maximum atomic E-state index is 12.2. The number of para-hydroxylation sites is 2. The molecule has 0 atom stereocenters. The number of amides is 1. The Balaban J connectivity index is 2.22. The van der Waals surface area contributed by atoms with Crippen LogP contribution in [0.4, 0.5) is 5.69 Å². The molecule has 2 aromatic carbocycles. The Bertz CT molecular complexity index is 628. The molecule has 0 bridgehead atoms. The van der Waals surface area contributed by atoms with Crippen LogP contribution < -0.4 is 14.8 Å². The predicted molar refractivity (Wildman–Crippen MR) is 79.0 cm³/mol. The second-order valence-corrected chi connectivity index (χ2v) is 4.41. The summed E-state index contributed by atoms with van der Waals surface area (Å²) >= 11 is 6.01. The number of methoxy groups -OCH3 is 2. The summed E-state index contributed by atoms with van der Waals surface area (Å²) in [6, 6.07) is 12.1. The van der Waals surface area contributed by atoms with Crippen molar-refractivity contribution in [2.24, 2.45) is 0 Å². The summed E-state index contributed by atoms with van der Waals surface area (Å²) in [5.41, 5.74) is 1.05. The highest BCUT2D eigenvalue weighted by molar-refractivity contribution is 6.32. The van der Waals surface area contributed by atoms with Gasteiger partial charge in [-0.15, -0.1) is 0 Å². The predicted octanol–water partition coefficient (Wildman–Crippen LogP) is 3.61. The third-order valence-corrected chi connectivity index (χ3v) is 3.06. The van der Waals surface area contributed by atoms with E-state index in [-0.39, 0.29) is 5.91 Å². The van der Waals surface area contributed by atoms with Gasteiger partial charge in [0.2, 0.25) is 0 Å². The van der Waals surface area contributed by atoms with Gasteiger partial charge in [-0.25, -0.2) is 0 Å². The molecule has 20 heavy (non-hydrogen) atoms. The average molecular weight is 292 g/mol. The van der Waals surface area contributed by atoms with E-state index in [0.717, 1.165) is 0 Å². The van der Waals surface area contributed by atoms with Gasteiger partial charge >= 0.3 is 0 Å². The molecule has 0 saturated heterocycles. The molecule has 0 saturated carbocycles. The number of hydrogen-bond donors (Lipinski definition) is 1. The molecule has 5 heteroatoms. The van der Waals surface area contributed by atoms with E-state index < -0.39 is 0 Å². The molecular weight excluding hydrogens is 278 g/mol. The SMILES string of the molecule is COc1ccc(C(=O)Nc2ccccc2OC)cc1Cl. The maximum Gasteiger partial charge on any atom is 0.255 e. The minimum Gasteiger partial charge on any atom is -0.495 e. The Kier molecular flexibility index (Phi) is 4.48. The van der Waals surface area contributed by atoms with Gasteiger partial charge in [-0.3, -0.25) is 4.79 Å². The van der Waals surface area contributed by atoms with Gasteiger partial charge in [-0.1, -0.05) is 23.7 Å². The van der Waals surface area contributed by atoms with Crippen LogP contribution in [0.3, 0.4) is 0 Å². The Labute approximate surface area is 122 Å². The number of nitrogens with one attached hydrogen (secondary N) is 1. The minimum atomic E-state index is -0.265. The molecular formula is C15H14ClNO3. The van der Waals surface area contributed by atoms with E-state index in [1.807, 2.05) is 12.1 Å². The molecule has 0 aliphatic carbocycles. The summed E-state index contributed by atoms with van der Waals surface area (Å²) in [6.45, 7) is 0. The smallest absolute Gasteiger partial charge is 0.255 e. The molecule has 1 N–H and O–H groups in total. The first-order valence-electron chi connectivity index (χ1n) is 5.93. The molecule has 4 nitrogen and oxygen atoms in total. The number of anilines is 1. The van der Waals surface area contributed by atoms with Crippen molar-refractivity contribution in [2.45, 2.75) is 0 Å². The summed E-state index contributed by atoms with van der Waals surface area (Å²) in [6.07, 6.45) is 0. The fraction of sp³-hybridized carbons (Fsp3) is 0.133. The first-order valence-corrected chi connectivity index (χ1v) is 6.31. The Hall–Kier alpha value is -2.20. The van der Waals surface area contributed by atoms with Gasteiger partial charge in [0.05, 0.1) is 24.9 Å². The largest absolute Gasteiger partial charge is 0.495 e. The van der Waals surface area contributed by atoms with E-state index in [9.17, 15) is 4.79 Å². The average Bonchev–Trinajstić information content (AvgIpc) is 2.47. The first kappa shape index (κ1) is 14.2. The van der Waals surface area contributed by atoms with Crippen LogP contribution in [-0.4, -0.2) is 20.1 Å². The van der Waals surface area contributed by atoms with Gasteiger partial charge in [0, 0.05) is 5.56 Å². The standard InChI is InChI=1S/C15H14ClNO3/c1-19-13-8-7-10(9-11(13)16)15(18)17-12-5-3-4-6-14(12)20-2/h3-9H,1-2H3,(H,17,18). The van der Waals surface area contributed by atoms with Crippen LogP contribution in [0.15, 0.2) is 42.5 Å². The lowest BCUT2D eigenvalue weighted by atomic mass is 10.2. The molecule has 2 rings (SSSR count). The van der Waals surface area contributed by atoms with Crippen LogP contribution in [0.2, 0.25) is 5.02 Å². The molecule has 0 aliphatic rings. The number of ether oxygens (including phenoxy) is 2. The summed E-state index contributed by atoms with van der Waals surface area (Å²) < 4.78 is 10.2. The number of carbonyl (C=O) groups is 1. The van der Waals surface area contributed by atoms with Crippen molar-refractivity contribution in [3.05, 3.63) is 53.1 Å². The van der Waals surface area contributed by atoms with Gasteiger partial charge in [-0.05, 0) is 30.3 Å². The second-order valence-electron chi connectivity index (χ2n) is 4.00. The van der Waals surface area contributed by atoms with Crippen molar-refractivity contribution in [2.75, 3.05) is 19.5 Å². The molecule has 0 unspecified atom stereocenters. The van der Waals surface area contributed by atoms with Gasteiger partial charge in [0.15, 0.2) is 0 Å². The van der Waals surface area contributed by atoms with E-state index in [0.29, 0.717) is 27.8 Å². The number of hydrogen-bond acceptors (Lipinski definition) is 3. The molecule has 104 valence electrons. The van der Waals surface area contributed by atoms with E-state index in [1.54, 1.807) is 37.4 Å². The highest BCUT2D eigenvalue weighted by atomic mass is 35.5. The second kappa shape index (κ2) is 6.30. The third-order valence-electron chi connectivity index (χ3n) is 2.77. The lowest BCUT2D eigenvalue weighted by molar-refractivity contribution is 0.102. The number of halogens is 1. The lowest BCUT2D eigenvalue weighted by Gasteiger charge is -2.10. The molecule has 0 spiro atoms. The van der Waals surface area contributed by atoms with Crippen LogP contribution in [0.5, 0.6) is 11.5 Å². The lowest BCUT2D eigenvalue weighted by Crippen LogP contribution is -2.12. The molecule has 0 fully saturated rings. The number of rotatable bonds is 4. The van der Waals surface area contributed by atoms with Crippen LogP contribution in [0.25, 0.3) is 0 Å². The maximum absolute atomic E-state index is 12.2. The van der Waals surface area contributed by atoms with Crippen LogP contribution in [0.1, 0.15) is 10.4 Å². The van der Waals surface area contributed by atoms with Crippen molar-refractivity contribution < 1.29 is 14.3 Å². The van der Waals surface area contributed by atoms with Gasteiger partial charge < -0.3 is 14.8 Å². The number of carbonyl (C=O) groups excluding carboxylic acids is 1. The molecule has 0 aromatic heterocycles. The zero-order valence-electron chi connectivity index (χ0n) is 11.1. The Morgan fingerprint density at radius 3 is 2.40 bits per heavy atom. The van der Waals surface area contributed by atoms with Crippen LogP contribution in [-0.2, 0) is 0 Å². The zero-order chi connectivity index (χ0) is 14.5. The van der Waals surface area contributed by atoms with Gasteiger partial charge in [0.1, 0.15) is 11.5 Å². The van der Waals surface area contributed by atoms with Crippen molar-refractivity contribution in [3.8, 4) is 11.5 Å². The molecule has 2 aromatic rings. The normalized spacial score (nSPS) is 9.95. The summed E-state index contributed by atoms with van der Waals surface area (Å²) in [5, 5.41) is 3.17. The first-order chi connectivity index (χ1) is 9.65. The van der Waals surface area contributed by atoms with E-state index in [4.69, 9.17) is 21.1 Å². The summed E-state index contributed by atoms with van der Waals surface area (Å²) in [5.74, 6) is 0.861. The van der Waals surface area contributed by atoms with E-state index in [2.05, 4.69) is 5.32 Å². The summed E-state index contributed by atoms with van der Waals surface area (Å²) in [4.78, 5) is 12.2. The number of benzene rings is 2. The highest BCUT2D eigenvalue weighted by Crippen LogP contribution is 2.27. The van der Waals surface area contributed by atoms with Gasteiger partial charge in [-0.2, -0.15) is 0 Å².